The van der Waals surface area contributed by atoms with E-state index in [9.17, 15) is 18.8 Å². The van der Waals surface area contributed by atoms with Crippen LogP contribution in [0.25, 0.3) is 0 Å². The van der Waals surface area contributed by atoms with Crippen LogP contribution in [0.5, 0.6) is 5.75 Å². The summed E-state index contributed by atoms with van der Waals surface area (Å²) in [6.45, 7) is 0. The molecule has 194 valence electrons. The van der Waals surface area contributed by atoms with Crippen molar-refractivity contribution in [2.24, 2.45) is 5.73 Å². The van der Waals surface area contributed by atoms with Crippen molar-refractivity contribution in [2.75, 3.05) is 17.7 Å². The van der Waals surface area contributed by atoms with Crippen LogP contribution in [0.3, 0.4) is 0 Å². The lowest BCUT2D eigenvalue weighted by Crippen LogP contribution is -2.47. The molecule has 1 aliphatic rings. The monoisotopic (exact) mass is 525 g/mol. The van der Waals surface area contributed by atoms with Crippen LogP contribution in [-0.4, -0.2) is 35.2 Å². The summed E-state index contributed by atoms with van der Waals surface area (Å²) in [5, 5.41) is 3.10. The second-order valence-electron chi connectivity index (χ2n) is 8.81. The van der Waals surface area contributed by atoms with E-state index in [2.05, 4.69) is 9.69 Å². The first-order valence-corrected chi connectivity index (χ1v) is 12.7. The number of methoxy groups -OCH3 is 1. The summed E-state index contributed by atoms with van der Waals surface area (Å²) in [7, 11) is 1.53. The first kappa shape index (κ1) is 26.1. The lowest BCUT2D eigenvalue weighted by molar-refractivity contribution is -0.123. The first-order valence-electron chi connectivity index (χ1n) is 11.9. The highest BCUT2D eigenvalue weighted by atomic mass is 32.1. The Kier molecular flexibility index (Phi) is 8.02. The Bertz CT molecular complexity index is 1270. The molecule has 1 unspecified atom stereocenters. The number of nitrogens with one attached hydrogen (secondary N) is 1. The minimum absolute atomic E-state index is 0.0258. The molecule has 1 fully saturated rings. The normalized spacial score (nSPS) is 14.5. The van der Waals surface area contributed by atoms with Gasteiger partial charge in [0.2, 0.25) is 5.91 Å². The maximum Gasteiger partial charge on any atom is 0.273 e. The molecule has 1 aliphatic carbocycles. The summed E-state index contributed by atoms with van der Waals surface area (Å²) in [5.74, 6) is -1.87. The van der Waals surface area contributed by atoms with Crippen molar-refractivity contribution in [2.45, 2.75) is 44.2 Å². The third-order valence-corrected chi connectivity index (χ3v) is 7.22. The third kappa shape index (κ3) is 5.72. The van der Waals surface area contributed by atoms with Crippen molar-refractivity contribution < 1.29 is 23.5 Å². The quantitative estimate of drug-likeness (QED) is 0.408. The highest BCUT2D eigenvalue weighted by molar-refractivity contribution is 7.09. The Hall–Kier alpha value is -3.99. The smallest absolute Gasteiger partial charge is 0.273 e. The summed E-state index contributed by atoms with van der Waals surface area (Å²) < 4.78 is 23.0. The maximum atomic E-state index is 14.0. The van der Waals surface area contributed by atoms with Crippen LogP contribution in [0.1, 0.15) is 63.9 Å². The standard InChI is InChI=1S/C26H28FN5O4S/c1-36-19-13-7-15(8-14-19)22(25(34)30-17-5-3-2-4-6-17)32(18-11-9-16(27)10-12-18)26(35)23-20(28)21(24(29)33)31-37-23/h7-14,17,22H,2-6,28H2,1H3,(H2,29,33)(H,30,34). The molecule has 3 amide bonds. The zero-order valence-electron chi connectivity index (χ0n) is 20.3. The number of anilines is 2. The van der Waals surface area contributed by atoms with Gasteiger partial charge in [-0.05, 0) is 66.3 Å². The van der Waals surface area contributed by atoms with Gasteiger partial charge in [-0.25, -0.2) is 4.39 Å². The number of nitrogens with two attached hydrogens (primary N) is 2. The average molecular weight is 526 g/mol. The van der Waals surface area contributed by atoms with Gasteiger partial charge in [0.05, 0.1) is 12.8 Å². The summed E-state index contributed by atoms with van der Waals surface area (Å²) in [6.07, 6.45) is 4.81. The topological polar surface area (TPSA) is 141 Å². The first-order chi connectivity index (χ1) is 17.8. The lowest BCUT2D eigenvalue weighted by Gasteiger charge is -2.33. The van der Waals surface area contributed by atoms with Crippen LogP contribution >= 0.6 is 11.5 Å². The summed E-state index contributed by atoms with van der Waals surface area (Å²) in [4.78, 5) is 40.8. The van der Waals surface area contributed by atoms with Crippen molar-refractivity contribution in [3.05, 3.63) is 70.5 Å². The lowest BCUT2D eigenvalue weighted by atomic mass is 9.94. The van der Waals surface area contributed by atoms with Crippen LogP contribution in [0.15, 0.2) is 48.5 Å². The van der Waals surface area contributed by atoms with E-state index >= 15 is 0 Å². The second kappa shape index (κ2) is 11.4. The van der Waals surface area contributed by atoms with Gasteiger partial charge in [-0.15, -0.1) is 0 Å². The molecule has 0 spiro atoms. The molecule has 1 atom stereocenters. The number of ether oxygens (including phenoxy) is 1. The van der Waals surface area contributed by atoms with Crippen molar-refractivity contribution in [3.8, 4) is 5.75 Å². The Labute approximate surface area is 217 Å². The number of aromatic nitrogens is 1. The number of carbonyl (C=O) groups excluding carboxylic acids is 3. The Morgan fingerprint density at radius 2 is 1.73 bits per heavy atom. The van der Waals surface area contributed by atoms with E-state index in [1.165, 1.54) is 36.3 Å². The fraction of sp³-hybridized carbons (Fsp3) is 0.308. The van der Waals surface area contributed by atoms with Crippen LogP contribution in [0.2, 0.25) is 0 Å². The predicted molar refractivity (Wildman–Crippen MR) is 139 cm³/mol. The fourth-order valence-corrected chi connectivity index (χ4v) is 5.20. The van der Waals surface area contributed by atoms with E-state index in [1.807, 2.05) is 0 Å². The van der Waals surface area contributed by atoms with Gasteiger partial charge in [-0.2, -0.15) is 4.37 Å². The predicted octanol–water partition coefficient (Wildman–Crippen LogP) is 3.81. The molecule has 37 heavy (non-hydrogen) atoms. The molecular formula is C26H28FN5O4S. The largest absolute Gasteiger partial charge is 0.497 e. The number of amides is 3. The van der Waals surface area contributed by atoms with Crippen LogP contribution in [0.4, 0.5) is 15.8 Å². The van der Waals surface area contributed by atoms with Crippen LogP contribution in [0, 0.1) is 5.82 Å². The van der Waals surface area contributed by atoms with Gasteiger partial charge in [0.1, 0.15) is 22.5 Å². The molecule has 0 aliphatic heterocycles. The Morgan fingerprint density at radius 1 is 1.08 bits per heavy atom. The molecule has 2 aromatic carbocycles. The SMILES string of the molecule is COc1ccc(C(C(=O)NC2CCCCC2)N(C(=O)c2snc(C(N)=O)c2N)c2ccc(F)cc2)cc1. The minimum Gasteiger partial charge on any atom is -0.497 e. The Balaban J connectivity index is 1.83. The maximum absolute atomic E-state index is 14.0. The number of hydrogen-bond donors (Lipinski definition) is 3. The summed E-state index contributed by atoms with van der Waals surface area (Å²) in [5.41, 5.74) is 11.8. The van der Waals surface area contributed by atoms with Crippen molar-refractivity contribution in [3.63, 3.8) is 0 Å². The van der Waals surface area contributed by atoms with Crippen LogP contribution in [-0.2, 0) is 4.79 Å². The van der Waals surface area contributed by atoms with Gasteiger partial charge in [0.25, 0.3) is 11.8 Å². The van der Waals surface area contributed by atoms with E-state index < -0.39 is 29.6 Å². The number of nitrogens with zero attached hydrogens (tertiary/aromatic N) is 2. The molecule has 1 aromatic heterocycles. The molecule has 1 heterocycles. The van der Waals surface area contributed by atoms with Gasteiger partial charge >= 0.3 is 0 Å². The van der Waals surface area contributed by atoms with E-state index in [-0.39, 0.29) is 28.0 Å². The third-order valence-electron chi connectivity index (χ3n) is 6.37. The van der Waals surface area contributed by atoms with Crippen molar-refractivity contribution >= 4 is 40.6 Å². The van der Waals surface area contributed by atoms with Crippen molar-refractivity contribution in [1.29, 1.82) is 0 Å². The minimum atomic E-state index is -1.13. The van der Waals surface area contributed by atoms with E-state index in [4.69, 9.17) is 16.2 Å². The van der Waals surface area contributed by atoms with Gasteiger partial charge < -0.3 is 21.5 Å². The molecule has 3 aromatic rings. The zero-order valence-corrected chi connectivity index (χ0v) is 21.1. The number of halogens is 1. The Morgan fingerprint density at radius 3 is 2.30 bits per heavy atom. The number of hydrogen-bond acceptors (Lipinski definition) is 7. The highest BCUT2D eigenvalue weighted by Gasteiger charge is 2.37. The summed E-state index contributed by atoms with van der Waals surface area (Å²) >= 11 is 0.712. The molecule has 0 saturated heterocycles. The van der Waals surface area contributed by atoms with E-state index in [0.717, 1.165) is 32.1 Å². The molecule has 1 saturated carbocycles. The van der Waals surface area contributed by atoms with Gasteiger partial charge in [0, 0.05) is 11.7 Å². The number of primary amides is 1. The van der Waals surface area contributed by atoms with E-state index in [0.29, 0.717) is 22.8 Å². The molecular weight excluding hydrogens is 497 g/mol. The highest BCUT2D eigenvalue weighted by Crippen LogP contribution is 2.34. The number of benzene rings is 2. The molecule has 0 bridgehead atoms. The number of nitrogen functional groups attached to an aromatic ring is 1. The van der Waals surface area contributed by atoms with Gasteiger partial charge in [-0.3, -0.25) is 19.3 Å². The molecule has 5 N–H and O–H groups in total. The number of carbonyl (C=O) groups is 3. The van der Waals surface area contributed by atoms with E-state index in [1.54, 1.807) is 24.3 Å². The number of rotatable bonds is 8. The van der Waals surface area contributed by atoms with Crippen LogP contribution < -0.4 is 26.4 Å². The summed E-state index contributed by atoms with van der Waals surface area (Å²) in [6, 6.07) is 10.8. The zero-order chi connectivity index (χ0) is 26.5. The molecule has 0 radical (unpaired) electrons. The molecule has 4 rings (SSSR count). The van der Waals surface area contributed by atoms with Gasteiger partial charge in [0.15, 0.2) is 5.69 Å². The van der Waals surface area contributed by atoms with Crippen molar-refractivity contribution in [1.82, 2.24) is 9.69 Å². The second-order valence-corrected chi connectivity index (χ2v) is 9.58. The van der Waals surface area contributed by atoms with Gasteiger partial charge in [-0.1, -0.05) is 31.4 Å². The fourth-order valence-electron chi connectivity index (χ4n) is 4.45. The average Bonchev–Trinajstić information content (AvgIpc) is 3.29. The molecule has 11 heteroatoms. The molecule has 9 nitrogen and oxygen atoms in total.